The van der Waals surface area contributed by atoms with Gasteiger partial charge in [-0.25, -0.2) is 13.8 Å². The number of carbonyl (C=O) groups is 1. The van der Waals surface area contributed by atoms with E-state index in [1.807, 2.05) is 14.1 Å². The molecule has 0 saturated carbocycles. The third kappa shape index (κ3) is 4.12. The third-order valence-electron chi connectivity index (χ3n) is 4.04. The summed E-state index contributed by atoms with van der Waals surface area (Å²) in [5.74, 6) is -1.93. The van der Waals surface area contributed by atoms with Crippen LogP contribution in [0.4, 0.5) is 19.6 Å². The number of nitro benzene ring substituents is 1. The molecule has 0 spiro atoms. The van der Waals surface area contributed by atoms with Gasteiger partial charge in [-0.15, -0.1) is 0 Å². The summed E-state index contributed by atoms with van der Waals surface area (Å²) in [6, 6.07) is 7.14. The Morgan fingerprint density at radius 3 is 2.54 bits per heavy atom. The van der Waals surface area contributed by atoms with Gasteiger partial charge in [-0.2, -0.15) is 0 Å². The van der Waals surface area contributed by atoms with Gasteiger partial charge in [-0.05, 0) is 18.2 Å². The molecule has 0 aliphatic heterocycles. The maximum atomic E-state index is 14.0. The number of nitro groups is 1. The van der Waals surface area contributed by atoms with Crippen LogP contribution in [0.2, 0.25) is 0 Å². The Kier molecular flexibility index (Phi) is 5.61. The van der Waals surface area contributed by atoms with Gasteiger partial charge in [-0.3, -0.25) is 19.8 Å². The van der Waals surface area contributed by atoms with Crippen LogP contribution >= 0.6 is 11.3 Å². The van der Waals surface area contributed by atoms with Crippen molar-refractivity contribution in [1.82, 2.24) is 4.98 Å². The number of amides is 1. The normalized spacial score (nSPS) is 11.2. The minimum Gasteiger partial charge on any atom is -0.338 e. The van der Waals surface area contributed by atoms with E-state index in [4.69, 9.17) is 0 Å². The highest BCUT2D eigenvalue weighted by Crippen LogP contribution is 2.32. The lowest BCUT2D eigenvalue weighted by Crippen LogP contribution is -3.06. The number of benzene rings is 2. The fourth-order valence-electron chi connectivity index (χ4n) is 2.56. The Labute approximate surface area is 163 Å². The fourth-order valence-corrected chi connectivity index (χ4v) is 3.59. The Morgan fingerprint density at radius 1 is 1.25 bits per heavy atom. The SMILES string of the molecule is C[NH+](C)CCN(C(=O)c1ccc([N+](=O)[O-])cc1)c1nc2c(F)cc(F)cc2s1. The van der Waals surface area contributed by atoms with Crippen molar-refractivity contribution in [3.05, 3.63) is 63.7 Å². The van der Waals surface area contributed by atoms with Crippen molar-refractivity contribution >= 4 is 38.3 Å². The molecule has 0 saturated heterocycles. The zero-order chi connectivity index (χ0) is 20.4. The molecule has 0 aliphatic rings. The molecule has 2 aromatic carbocycles. The molecule has 3 rings (SSSR count). The Balaban J connectivity index is 1.99. The second-order valence-corrected chi connectivity index (χ2v) is 7.46. The largest absolute Gasteiger partial charge is 0.338 e. The van der Waals surface area contributed by atoms with Crippen LogP contribution in [0.1, 0.15) is 10.4 Å². The molecule has 1 aromatic heterocycles. The number of anilines is 1. The summed E-state index contributed by atoms with van der Waals surface area (Å²) in [5, 5.41) is 11.0. The molecule has 3 aromatic rings. The van der Waals surface area contributed by atoms with E-state index in [1.54, 1.807) is 0 Å². The van der Waals surface area contributed by atoms with Crippen molar-refractivity contribution in [3.63, 3.8) is 0 Å². The number of quaternary nitrogens is 1. The number of hydrogen-bond donors (Lipinski definition) is 1. The number of aromatic nitrogens is 1. The fraction of sp³-hybridized carbons (Fsp3) is 0.222. The van der Waals surface area contributed by atoms with Crippen LogP contribution in [0.15, 0.2) is 36.4 Å². The monoisotopic (exact) mass is 407 g/mol. The Morgan fingerprint density at radius 2 is 1.93 bits per heavy atom. The minimum atomic E-state index is -0.793. The number of halogens is 2. The maximum absolute atomic E-state index is 14.0. The molecule has 28 heavy (non-hydrogen) atoms. The highest BCUT2D eigenvalue weighted by Gasteiger charge is 2.24. The van der Waals surface area contributed by atoms with E-state index in [0.29, 0.717) is 17.8 Å². The van der Waals surface area contributed by atoms with Crippen LogP contribution in [-0.2, 0) is 0 Å². The summed E-state index contributed by atoms with van der Waals surface area (Å²) in [4.78, 5) is 29.9. The van der Waals surface area contributed by atoms with Gasteiger partial charge in [0.15, 0.2) is 10.9 Å². The zero-order valence-electron chi connectivity index (χ0n) is 15.1. The molecule has 0 aliphatic carbocycles. The molecular weight excluding hydrogens is 390 g/mol. The molecule has 1 heterocycles. The predicted octanol–water partition coefficient (Wildman–Crippen LogP) is 2.27. The quantitative estimate of drug-likeness (QED) is 0.502. The van der Waals surface area contributed by atoms with Crippen molar-refractivity contribution in [1.29, 1.82) is 0 Å². The molecule has 0 bridgehead atoms. The number of thiazole rings is 1. The number of likely N-dealkylation sites (N-methyl/N-ethyl adjacent to an activating group) is 1. The molecule has 0 radical (unpaired) electrons. The second kappa shape index (κ2) is 7.95. The lowest BCUT2D eigenvalue weighted by Gasteiger charge is -2.20. The van der Waals surface area contributed by atoms with Gasteiger partial charge in [0.25, 0.3) is 11.6 Å². The van der Waals surface area contributed by atoms with Gasteiger partial charge in [-0.1, -0.05) is 11.3 Å². The Bertz CT molecular complexity index is 1040. The smallest absolute Gasteiger partial charge is 0.269 e. The average molecular weight is 407 g/mol. The van der Waals surface area contributed by atoms with Crippen LogP contribution in [0.25, 0.3) is 10.2 Å². The zero-order valence-corrected chi connectivity index (χ0v) is 15.9. The third-order valence-corrected chi connectivity index (χ3v) is 5.06. The van der Waals surface area contributed by atoms with Gasteiger partial charge in [0.1, 0.15) is 11.3 Å². The van der Waals surface area contributed by atoms with Crippen molar-refractivity contribution in [2.45, 2.75) is 0 Å². The molecule has 1 amide bonds. The summed E-state index contributed by atoms with van der Waals surface area (Å²) >= 11 is 1.01. The van der Waals surface area contributed by atoms with Crippen molar-refractivity contribution in [3.8, 4) is 0 Å². The van der Waals surface area contributed by atoms with Crippen LogP contribution in [0.3, 0.4) is 0 Å². The van der Waals surface area contributed by atoms with Crippen LogP contribution in [0, 0.1) is 21.7 Å². The minimum absolute atomic E-state index is 0.0000921. The van der Waals surface area contributed by atoms with Crippen molar-refractivity contribution in [2.75, 3.05) is 32.1 Å². The number of hydrogen-bond acceptors (Lipinski definition) is 5. The molecule has 1 N–H and O–H groups in total. The van der Waals surface area contributed by atoms with Crippen molar-refractivity contribution in [2.24, 2.45) is 0 Å². The van der Waals surface area contributed by atoms with E-state index in [1.165, 1.54) is 35.2 Å². The number of carbonyl (C=O) groups excluding carboxylic acids is 1. The predicted molar refractivity (Wildman–Crippen MR) is 102 cm³/mol. The van der Waals surface area contributed by atoms with E-state index < -0.39 is 22.5 Å². The molecule has 0 unspecified atom stereocenters. The van der Waals surface area contributed by atoms with E-state index in [-0.39, 0.29) is 21.9 Å². The van der Waals surface area contributed by atoms with Crippen LogP contribution in [-0.4, -0.2) is 43.0 Å². The highest BCUT2D eigenvalue weighted by atomic mass is 32.1. The summed E-state index contributed by atoms with van der Waals surface area (Å²) < 4.78 is 27.8. The topological polar surface area (TPSA) is 80.8 Å². The summed E-state index contributed by atoms with van der Waals surface area (Å²) in [6.45, 7) is 0.883. The maximum Gasteiger partial charge on any atom is 0.269 e. The Hall–Kier alpha value is -2.98. The standard InChI is InChI=1S/C18H16F2N4O3S/c1-22(2)7-8-23(17(25)11-3-5-13(6-4-11)24(26)27)18-21-16-14(20)9-12(19)10-15(16)28-18/h3-6,9-10H,7-8H2,1-2H3/p+1. The number of rotatable bonds is 6. The first-order valence-corrected chi connectivity index (χ1v) is 9.19. The first kappa shape index (κ1) is 19.8. The number of non-ortho nitro benzene ring substituents is 1. The molecule has 146 valence electrons. The lowest BCUT2D eigenvalue weighted by molar-refractivity contribution is -0.856. The van der Waals surface area contributed by atoms with Gasteiger partial charge in [0.05, 0.1) is 36.8 Å². The van der Waals surface area contributed by atoms with E-state index in [9.17, 15) is 23.7 Å². The van der Waals surface area contributed by atoms with Gasteiger partial charge in [0, 0.05) is 23.8 Å². The van der Waals surface area contributed by atoms with E-state index in [2.05, 4.69) is 4.98 Å². The molecular formula is C18H17F2N4O3S+. The highest BCUT2D eigenvalue weighted by molar-refractivity contribution is 7.22. The van der Waals surface area contributed by atoms with Gasteiger partial charge >= 0.3 is 0 Å². The van der Waals surface area contributed by atoms with E-state index in [0.717, 1.165) is 22.3 Å². The van der Waals surface area contributed by atoms with Gasteiger partial charge < -0.3 is 4.90 Å². The average Bonchev–Trinajstić information content (AvgIpc) is 3.05. The summed E-state index contributed by atoms with van der Waals surface area (Å²) in [5.41, 5.74) is 0.115. The summed E-state index contributed by atoms with van der Waals surface area (Å²) in [7, 11) is 3.84. The van der Waals surface area contributed by atoms with Gasteiger partial charge in [0.2, 0.25) is 0 Å². The number of nitrogens with one attached hydrogen (secondary N) is 1. The lowest BCUT2D eigenvalue weighted by atomic mass is 10.2. The number of nitrogens with zero attached hydrogens (tertiary/aromatic N) is 3. The van der Waals surface area contributed by atoms with Crippen LogP contribution < -0.4 is 9.80 Å². The molecule has 0 atom stereocenters. The molecule has 10 heteroatoms. The molecule has 7 nitrogen and oxygen atoms in total. The first-order chi connectivity index (χ1) is 13.3. The van der Waals surface area contributed by atoms with Crippen molar-refractivity contribution < 1.29 is 23.4 Å². The van der Waals surface area contributed by atoms with E-state index >= 15 is 0 Å². The number of fused-ring (bicyclic) bond motifs is 1. The molecule has 0 fully saturated rings. The first-order valence-electron chi connectivity index (χ1n) is 8.37. The summed E-state index contributed by atoms with van der Waals surface area (Å²) in [6.07, 6.45) is 0. The second-order valence-electron chi connectivity index (χ2n) is 6.45. The van der Waals surface area contributed by atoms with Crippen LogP contribution in [0.5, 0.6) is 0 Å².